The van der Waals surface area contributed by atoms with Crippen molar-refractivity contribution in [3.8, 4) is 0 Å². The Kier molecular flexibility index (Phi) is 3.36. The molecule has 0 bridgehead atoms. The van der Waals surface area contributed by atoms with Gasteiger partial charge in [-0.2, -0.15) is 0 Å². The van der Waals surface area contributed by atoms with Crippen molar-refractivity contribution >= 4 is 33.1 Å². The Bertz CT molecular complexity index is 643. The SMILES string of the molecule is NNc1ncc(S(=O)(=O)Nc2cnoc2)cc1Cl. The van der Waals surface area contributed by atoms with Gasteiger partial charge in [0.2, 0.25) is 0 Å². The van der Waals surface area contributed by atoms with Crippen molar-refractivity contribution in [3.05, 3.63) is 29.7 Å². The van der Waals surface area contributed by atoms with Crippen molar-refractivity contribution in [3.63, 3.8) is 0 Å². The number of hydrogen-bond acceptors (Lipinski definition) is 7. The molecule has 0 saturated carbocycles. The van der Waals surface area contributed by atoms with Gasteiger partial charge in [-0.3, -0.25) is 4.72 Å². The van der Waals surface area contributed by atoms with E-state index in [0.29, 0.717) is 0 Å². The van der Waals surface area contributed by atoms with Crippen LogP contribution in [-0.4, -0.2) is 18.6 Å². The molecule has 2 aromatic heterocycles. The van der Waals surface area contributed by atoms with E-state index in [-0.39, 0.29) is 21.4 Å². The first-order chi connectivity index (χ1) is 8.53. The molecule has 4 N–H and O–H groups in total. The Morgan fingerprint density at radius 3 is 2.72 bits per heavy atom. The first-order valence-corrected chi connectivity index (χ1v) is 6.43. The molecule has 0 radical (unpaired) electrons. The zero-order valence-corrected chi connectivity index (χ0v) is 10.4. The minimum absolute atomic E-state index is 0.0886. The van der Waals surface area contributed by atoms with Crippen molar-refractivity contribution in [2.45, 2.75) is 4.90 Å². The van der Waals surface area contributed by atoms with Crippen molar-refractivity contribution in [1.82, 2.24) is 10.1 Å². The largest absolute Gasteiger partial charge is 0.362 e. The van der Waals surface area contributed by atoms with Crippen molar-refractivity contribution in [1.29, 1.82) is 0 Å². The van der Waals surface area contributed by atoms with Crippen molar-refractivity contribution in [2.75, 3.05) is 10.1 Å². The summed E-state index contributed by atoms with van der Waals surface area (Å²) in [7, 11) is -3.80. The second-order valence-corrected chi connectivity index (χ2v) is 5.25. The number of hydrogen-bond donors (Lipinski definition) is 3. The maximum Gasteiger partial charge on any atom is 0.263 e. The number of nitrogens with two attached hydrogens (primary N) is 1. The molecule has 18 heavy (non-hydrogen) atoms. The molecule has 0 atom stereocenters. The van der Waals surface area contributed by atoms with Gasteiger partial charge in [0.05, 0.1) is 11.2 Å². The van der Waals surface area contributed by atoms with Crippen LogP contribution < -0.4 is 16.0 Å². The van der Waals surface area contributed by atoms with Crippen molar-refractivity contribution in [2.24, 2.45) is 5.84 Å². The van der Waals surface area contributed by atoms with Gasteiger partial charge >= 0.3 is 0 Å². The number of nitrogens with one attached hydrogen (secondary N) is 2. The van der Waals surface area contributed by atoms with E-state index in [4.69, 9.17) is 17.4 Å². The van der Waals surface area contributed by atoms with Crippen LogP contribution in [0.15, 0.2) is 34.1 Å². The molecule has 10 heteroatoms. The van der Waals surface area contributed by atoms with Crippen LogP contribution in [0.1, 0.15) is 0 Å². The molecule has 0 saturated heterocycles. The van der Waals surface area contributed by atoms with Crippen LogP contribution in [0.3, 0.4) is 0 Å². The summed E-state index contributed by atoms with van der Waals surface area (Å²) in [6.45, 7) is 0. The van der Waals surface area contributed by atoms with Gasteiger partial charge in [0.1, 0.15) is 16.8 Å². The second kappa shape index (κ2) is 4.80. The van der Waals surface area contributed by atoms with Gasteiger partial charge in [-0.1, -0.05) is 16.8 Å². The third-order valence-electron chi connectivity index (χ3n) is 1.95. The summed E-state index contributed by atoms with van der Waals surface area (Å²) >= 11 is 5.79. The summed E-state index contributed by atoms with van der Waals surface area (Å²) in [5.41, 5.74) is 2.44. The molecule has 2 heterocycles. The summed E-state index contributed by atoms with van der Waals surface area (Å²) in [6, 6.07) is 1.22. The first kappa shape index (κ1) is 12.6. The zero-order chi connectivity index (χ0) is 13.2. The second-order valence-electron chi connectivity index (χ2n) is 3.16. The van der Waals surface area contributed by atoms with E-state index in [1.807, 2.05) is 0 Å². The number of halogens is 1. The van der Waals surface area contributed by atoms with Gasteiger partial charge in [-0.05, 0) is 6.07 Å². The van der Waals surface area contributed by atoms with Gasteiger partial charge in [0.25, 0.3) is 10.0 Å². The predicted octanol–water partition coefficient (Wildman–Crippen LogP) is 0.809. The van der Waals surface area contributed by atoms with Crippen LogP contribution in [0.4, 0.5) is 11.5 Å². The monoisotopic (exact) mass is 289 g/mol. The number of nitrogen functional groups attached to an aromatic ring is 1. The van der Waals surface area contributed by atoms with Crippen LogP contribution in [0.25, 0.3) is 0 Å². The molecule has 2 rings (SSSR count). The summed E-state index contributed by atoms with van der Waals surface area (Å²) in [5.74, 6) is 5.32. The molecular formula is C8H8ClN5O3S. The maximum absolute atomic E-state index is 11.9. The van der Waals surface area contributed by atoms with Gasteiger partial charge in [0, 0.05) is 6.20 Å². The molecule has 96 valence electrons. The number of anilines is 2. The number of sulfonamides is 1. The van der Waals surface area contributed by atoms with Crippen molar-refractivity contribution < 1.29 is 12.9 Å². The first-order valence-electron chi connectivity index (χ1n) is 4.57. The Hall–Kier alpha value is -1.84. The van der Waals surface area contributed by atoms with E-state index < -0.39 is 10.0 Å². The third-order valence-corrected chi connectivity index (χ3v) is 3.58. The lowest BCUT2D eigenvalue weighted by Crippen LogP contribution is -2.14. The molecule has 8 nitrogen and oxygen atoms in total. The minimum Gasteiger partial charge on any atom is -0.362 e. The topological polar surface area (TPSA) is 123 Å². The highest BCUT2D eigenvalue weighted by atomic mass is 35.5. The van der Waals surface area contributed by atoms with Crippen LogP contribution in [0.2, 0.25) is 5.02 Å². The Morgan fingerprint density at radius 1 is 1.39 bits per heavy atom. The average molecular weight is 290 g/mol. The van der Waals surface area contributed by atoms with E-state index in [9.17, 15) is 8.42 Å². The molecule has 0 aliphatic rings. The molecule has 0 aliphatic heterocycles. The molecule has 0 aromatic carbocycles. The molecular weight excluding hydrogens is 282 g/mol. The highest BCUT2D eigenvalue weighted by molar-refractivity contribution is 7.92. The van der Waals surface area contributed by atoms with E-state index in [1.54, 1.807) is 0 Å². The minimum atomic E-state index is -3.80. The van der Waals surface area contributed by atoms with Gasteiger partial charge < -0.3 is 9.95 Å². The Morgan fingerprint density at radius 2 is 2.17 bits per heavy atom. The summed E-state index contributed by atoms with van der Waals surface area (Å²) < 4.78 is 30.6. The number of nitrogens with zero attached hydrogens (tertiary/aromatic N) is 2. The zero-order valence-electron chi connectivity index (χ0n) is 8.79. The summed E-state index contributed by atoms with van der Waals surface area (Å²) in [4.78, 5) is 3.66. The molecule has 0 spiro atoms. The quantitative estimate of drug-likeness (QED) is 0.562. The van der Waals surface area contributed by atoms with Crippen LogP contribution in [0.5, 0.6) is 0 Å². The number of aromatic nitrogens is 2. The van der Waals surface area contributed by atoms with Gasteiger partial charge in [0.15, 0.2) is 5.82 Å². The van der Waals surface area contributed by atoms with E-state index in [0.717, 1.165) is 12.5 Å². The smallest absolute Gasteiger partial charge is 0.263 e. The number of hydrazine groups is 1. The third kappa shape index (κ3) is 2.53. The number of pyridine rings is 1. The highest BCUT2D eigenvalue weighted by Crippen LogP contribution is 2.23. The fourth-order valence-electron chi connectivity index (χ4n) is 1.14. The summed E-state index contributed by atoms with van der Waals surface area (Å²) in [6.07, 6.45) is 3.50. The molecule has 0 aliphatic carbocycles. The Labute approximate surface area is 107 Å². The van der Waals surface area contributed by atoms with Crippen LogP contribution >= 0.6 is 11.6 Å². The molecule has 0 unspecified atom stereocenters. The Balaban J connectivity index is 2.33. The summed E-state index contributed by atoms with van der Waals surface area (Å²) in [5, 5.41) is 3.46. The lowest BCUT2D eigenvalue weighted by molar-refractivity contribution is 0.420. The van der Waals surface area contributed by atoms with E-state index in [1.165, 1.54) is 12.3 Å². The highest BCUT2D eigenvalue weighted by Gasteiger charge is 2.17. The number of rotatable bonds is 4. The fourth-order valence-corrected chi connectivity index (χ4v) is 2.42. The normalized spacial score (nSPS) is 11.2. The maximum atomic E-state index is 11.9. The van der Waals surface area contributed by atoms with Crippen LogP contribution in [-0.2, 0) is 10.0 Å². The molecule has 0 amide bonds. The standard InChI is InChI=1S/C8H8ClN5O3S/c9-7-1-6(3-11-8(7)13-10)18(15,16)14-5-2-12-17-4-5/h1-4,14H,10H2,(H,11,13). The van der Waals surface area contributed by atoms with E-state index >= 15 is 0 Å². The lowest BCUT2D eigenvalue weighted by Gasteiger charge is -2.07. The van der Waals surface area contributed by atoms with Crippen LogP contribution in [0, 0.1) is 0 Å². The van der Waals surface area contributed by atoms with Gasteiger partial charge in [-0.15, -0.1) is 0 Å². The van der Waals surface area contributed by atoms with Gasteiger partial charge in [-0.25, -0.2) is 19.2 Å². The lowest BCUT2D eigenvalue weighted by atomic mass is 10.5. The average Bonchev–Trinajstić information content (AvgIpc) is 2.81. The predicted molar refractivity (Wildman–Crippen MR) is 64.4 cm³/mol. The molecule has 0 fully saturated rings. The molecule has 2 aromatic rings. The van der Waals surface area contributed by atoms with E-state index in [2.05, 4.69) is 24.8 Å². The fraction of sp³-hybridized carbons (Fsp3) is 0.